The zero-order chi connectivity index (χ0) is 17.6. The molecule has 1 N–H and O–H groups in total. The maximum atomic E-state index is 11.7. The maximum absolute atomic E-state index is 11.7. The van der Waals surface area contributed by atoms with E-state index in [-0.39, 0.29) is 11.8 Å². The minimum absolute atomic E-state index is 0.00451. The first kappa shape index (κ1) is 17.4. The van der Waals surface area contributed by atoms with Crippen molar-refractivity contribution in [2.75, 3.05) is 7.11 Å². The van der Waals surface area contributed by atoms with Gasteiger partial charge >= 0.3 is 0 Å². The molecule has 0 atom stereocenters. The van der Waals surface area contributed by atoms with Gasteiger partial charge in [-0.2, -0.15) is 5.10 Å². The van der Waals surface area contributed by atoms with Crippen LogP contribution in [0.3, 0.4) is 0 Å². The first-order chi connectivity index (χ1) is 12.2. The van der Waals surface area contributed by atoms with E-state index in [0.29, 0.717) is 5.75 Å². The van der Waals surface area contributed by atoms with Crippen LogP contribution in [0, 0.1) is 5.92 Å². The third-order valence-electron chi connectivity index (χ3n) is 3.88. The summed E-state index contributed by atoms with van der Waals surface area (Å²) < 4.78 is 5.44. The van der Waals surface area contributed by atoms with Gasteiger partial charge in [0.15, 0.2) is 5.16 Å². The lowest BCUT2D eigenvalue weighted by Gasteiger charge is -2.10. The van der Waals surface area contributed by atoms with E-state index < -0.39 is 0 Å². The van der Waals surface area contributed by atoms with Gasteiger partial charge in [-0.25, -0.2) is 15.4 Å². The molecule has 2 aromatic rings. The molecule has 1 amide bonds. The number of nitrogens with one attached hydrogen (secondary N) is 1. The van der Waals surface area contributed by atoms with Crippen LogP contribution < -0.4 is 10.2 Å². The van der Waals surface area contributed by atoms with Crippen molar-refractivity contribution in [2.45, 2.75) is 30.7 Å². The topological polar surface area (TPSA) is 76.5 Å². The van der Waals surface area contributed by atoms with Crippen molar-refractivity contribution < 1.29 is 9.53 Å². The number of thioether (sulfide) groups is 1. The molecule has 130 valence electrons. The van der Waals surface area contributed by atoms with Gasteiger partial charge in [0.2, 0.25) is 5.91 Å². The van der Waals surface area contributed by atoms with Gasteiger partial charge in [0.1, 0.15) is 5.75 Å². The van der Waals surface area contributed by atoms with Crippen molar-refractivity contribution >= 4 is 23.4 Å². The van der Waals surface area contributed by atoms with Crippen LogP contribution in [0.4, 0.5) is 0 Å². The van der Waals surface area contributed by atoms with Gasteiger partial charge in [0, 0.05) is 29.6 Å². The first-order valence-electron chi connectivity index (χ1n) is 8.08. The number of amides is 1. The Hall–Kier alpha value is -2.41. The Morgan fingerprint density at radius 2 is 2.12 bits per heavy atom. The summed E-state index contributed by atoms with van der Waals surface area (Å²) in [5.74, 6) is 1.64. The van der Waals surface area contributed by atoms with Crippen molar-refractivity contribution in [1.29, 1.82) is 0 Å². The fourth-order valence-electron chi connectivity index (χ4n) is 2.26. The van der Waals surface area contributed by atoms with E-state index in [2.05, 4.69) is 20.5 Å². The normalized spacial score (nSPS) is 14.2. The Bertz CT molecular complexity index is 776. The lowest BCUT2D eigenvalue weighted by molar-refractivity contribution is -0.122. The number of hydrogen-bond donors (Lipinski definition) is 1. The summed E-state index contributed by atoms with van der Waals surface area (Å²) in [6.45, 7) is 1.88. The van der Waals surface area contributed by atoms with Crippen molar-refractivity contribution in [1.82, 2.24) is 15.4 Å². The smallest absolute Gasteiger partial charge is 0.243 e. The molecule has 25 heavy (non-hydrogen) atoms. The Morgan fingerprint density at radius 3 is 2.80 bits per heavy atom. The molecule has 0 radical (unpaired) electrons. The van der Waals surface area contributed by atoms with Crippen LogP contribution in [0.5, 0.6) is 5.75 Å². The monoisotopic (exact) mass is 356 g/mol. The van der Waals surface area contributed by atoms with Crippen LogP contribution in [-0.2, 0) is 10.5 Å². The lowest BCUT2D eigenvalue weighted by Crippen LogP contribution is -2.20. The molecular weight excluding hydrogens is 336 g/mol. The number of hydrogen-bond acceptors (Lipinski definition) is 6. The number of carbonyl (C=O) groups is 1. The van der Waals surface area contributed by atoms with Crippen LogP contribution >= 0.6 is 11.8 Å². The summed E-state index contributed by atoms with van der Waals surface area (Å²) in [6.07, 6.45) is 5.38. The number of rotatable bonds is 7. The van der Waals surface area contributed by atoms with E-state index in [1.165, 1.54) is 0 Å². The highest BCUT2D eigenvalue weighted by atomic mass is 32.2. The van der Waals surface area contributed by atoms with Gasteiger partial charge in [-0.05, 0) is 49.6 Å². The van der Waals surface area contributed by atoms with E-state index in [1.54, 1.807) is 37.3 Å². The number of nitrogens with zero attached hydrogens (tertiary/aromatic N) is 3. The zero-order valence-corrected chi connectivity index (χ0v) is 15.0. The SMILES string of the molecule is COc1ccc(C(C)=NNC(=O)C2CC2)cc1CSc1ncccn1. The molecule has 7 heteroatoms. The van der Waals surface area contributed by atoms with Crippen LogP contribution in [0.2, 0.25) is 0 Å². The van der Waals surface area contributed by atoms with Crippen LogP contribution in [0.1, 0.15) is 30.9 Å². The van der Waals surface area contributed by atoms with Gasteiger partial charge in [0.25, 0.3) is 0 Å². The van der Waals surface area contributed by atoms with Crippen LogP contribution in [-0.4, -0.2) is 28.7 Å². The van der Waals surface area contributed by atoms with Crippen molar-refractivity contribution in [3.63, 3.8) is 0 Å². The zero-order valence-electron chi connectivity index (χ0n) is 14.2. The fraction of sp³-hybridized carbons (Fsp3) is 0.333. The van der Waals surface area contributed by atoms with Gasteiger partial charge < -0.3 is 4.74 Å². The second kappa shape index (κ2) is 8.11. The van der Waals surface area contributed by atoms with Crippen LogP contribution in [0.15, 0.2) is 46.9 Å². The highest BCUT2D eigenvalue weighted by Crippen LogP contribution is 2.29. The van der Waals surface area contributed by atoms with E-state index in [9.17, 15) is 4.79 Å². The van der Waals surface area contributed by atoms with Crippen LogP contribution in [0.25, 0.3) is 0 Å². The molecule has 1 aromatic carbocycles. The van der Waals surface area contributed by atoms with Gasteiger partial charge in [-0.15, -0.1) is 0 Å². The molecule has 1 aromatic heterocycles. The molecule has 1 heterocycles. The summed E-state index contributed by atoms with van der Waals surface area (Å²) >= 11 is 1.54. The molecular formula is C18H20N4O2S. The molecule has 1 saturated carbocycles. The Morgan fingerprint density at radius 1 is 1.36 bits per heavy atom. The van der Waals surface area contributed by atoms with E-state index in [0.717, 1.165) is 40.6 Å². The Labute approximate surface area is 151 Å². The summed E-state index contributed by atoms with van der Waals surface area (Å²) in [7, 11) is 1.65. The van der Waals surface area contributed by atoms with E-state index in [1.807, 2.05) is 25.1 Å². The van der Waals surface area contributed by atoms with Gasteiger partial charge in [0.05, 0.1) is 12.8 Å². The largest absolute Gasteiger partial charge is 0.496 e. The Kier molecular flexibility index (Phi) is 5.65. The number of ether oxygens (including phenoxy) is 1. The molecule has 6 nitrogen and oxygen atoms in total. The predicted octanol–water partition coefficient (Wildman–Crippen LogP) is 3.03. The molecule has 1 aliphatic carbocycles. The van der Waals surface area contributed by atoms with Crippen molar-refractivity contribution in [3.05, 3.63) is 47.8 Å². The number of hydrazone groups is 1. The standard InChI is InChI=1S/C18H20N4O2S/c1-12(21-22-17(23)13-4-5-13)14-6-7-16(24-2)15(10-14)11-25-18-19-8-3-9-20-18/h3,6-10,13H,4-5,11H2,1-2H3,(H,22,23). The molecule has 0 bridgehead atoms. The van der Waals surface area contributed by atoms with Crippen molar-refractivity contribution in [3.8, 4) is 5.75 Å². The molecule has 3 rings (SSSR count). The lowest BCUT2D eigenvalue weighted by atomic mass is 10.1. The quantitative estimate of drug-likeness (QED) is 0.357. The predicted molar refractivity (Wildman–Crippen MR) is 97.7 cm³/mol. The highest BCUT2D eigenvalue weighted by molar-refractivity contribution is 7.98. The number of carbonyl (C=O) groups excluding carboxylic acids is 1. The van der Waals surface area contributed by atoms with E-state index >= 15 is 0 Å². The second-order valence-corrected chi connectivity index (χ2v) is 6.74. The Balaban J connectivity index is 1.72. The molecule has 0 unspecified atom stereocenters. The summed E-state index contributed by atoms with van der Waals surface area (Å²) in [6, 6.07) is 7.67. The molecule has 1 fully saturated rings. The average Bonchev–Trinajstić information content (AvgIpc) is 3.50. The maximum Gasteiger partial charge on any atom is 0.243 e. The molecule has 0 saturated heterocycles. The second-order valence-electron chi connectivity index (χ2n) is 5.79. The number of benzene rings is 1. The van der Waals surface area contributed by atoms with Gasteiger partial charge in [-0.3, -0.25) is 4.79 Å². The number of aromatic nitrogens is 2. The first-order valence-corrected chi connectivity index (χ1v) is 9.07. The fourth-order valence-corrected chi connectivity index (χ4v) is 3.04. The summed E-state index contributed by atoms with van der Waals surface area (Å²) in [5.41, 5.74) is 5.38. The third-order valence-corrected chi connectivity index (χ3v) is 4.80. The minimum Gasteiger partial charge on any atom is -0.496 e. The number of methoxy groups -OCH3 is 1. The molecule has 0 aliphatic heterocycles. The minimum atomic E-state index is 0.00451. The average molecular weight is 356 g/mol. The third kappa shape index (κ3) is 4.79. The van der Waals surface area contributed by atoms with Gasteiger partial charge in [-0.1, -0.05) is 11.8 Å². The molecule has 1 aliphatic rings. The molecule has 0 spiro atoms. The highest BCUT2D eigenvalue weighted by Gasteiger charge is 2.29. The summed E-state index contributed by atoms with van der Waals surface area (Å²) in [5, 5.41) is 4.93. The van der Waals surface area contributed by atoms with E-state index in [4.69, 9.17) is 4.74 Å². The van der Waals surface area contributed by atoms with Crippen molar-refractivity contribution in [2.24, 2.45) is 11.0 Å². The summed E-state index contributed by atoms with van der Waals surface area (Å²) in [4.78, 5) is 20.1.